The van der Waals surface area contributed by atoms with Crippen LogP contribution in [-0.2, 0) is 23.9 Å². The van der Waals surface area contributed by atoms with Crippen LogP contribution in [0.15, 0.2) is 0 Å². The summed E-state index contributed by atoms with van der Waals surface area (Å²) in [5.74, 6) is 1.39. The number of carbonyl (C=O) groups is 3. The van der Waals surface area contributed by atoms with Gasteiger partial charge >= 0.3 is 11.9 Å². The summed E-state index contributed by atoms with van der Waals surface area (Å²) in [5, 5.41) is 10.2. The maximum atomic E-state index is 14.6. The number of hydrogen-bond donors (Lipinski definition) is 1. The number of ether oxygens (including phenoxy) is 2. The molecule has 2 atom stereocenters. The summed E-state index contributed by atoms with van der Waals surface area (Å²) in [4.78, 5) is 45.1. The summed E-state index contributed by atoms with van der Waals surface area (Å²) in [5.41, 5.74) is 0. The molecule has 0 aromatic rings. The van der Waals surface area contributed by atoms with Gasteiger partial charge in [-0.3, -0.25) is 14.4 Å². The first kappa shape index (κ1) is 71.3. The van der Waals surface area contributed by atoms with Crippen molar-refractivity contribution in [1.82, 2.24) is 9.80 Å². The van der Waals surface area contributed by atoms with E-state index in [1.807, 2.05) is 0 Å². The van der Waals surface area contributed by atoms with E-state index in [1.54, 1.807) is 0 Å². The molecule has 0 bridgehead atoms. The average Bonchev–Trinajstić information content (AvgIpc) is 3.41. The van der Waals surface area contributed by atoms with Crippen LogP contribution in [0.2, 0.25) is 0 Å². The quantitative estimate of drug-likeness (QED) is 0.0479. The molecule has 444 valence electrons. The average molecular weight is 1060 g/mol. The molecule has 0 saturated heterocycles. The zero-order valence-electron chi connectivity index (χ0n) is 51.2. The Hall–Kier alpha value is -1.67. The molecule has 1 N–H and O–H groups in total. The van der Waals surface area contributed by atoms with Crippen LogP contribution >= 0.6 is 0 Å². The third-order valence-electron chi connectivity index (χ3n) is 17.0. The topological polar surface area (TPSA) is 96.4 Å². The Kier molecular flexibility index (Phi) is 50.4. The number of esters is 2. The van der Waals surface area contributed by atoms with E-state index in [0.29, 0.717) is 62.3 Å². The highest BCUT2D eigenvalue weighted by atomic mass is 16.5. The molecule has 0 aromatic heterocycles. The lowest BCUT2D eigenvalue weighted by molar-refractivity contribution is -0.146. The van der Waals surface area contributed by atoms with E-state index in [9.17, 15) is 19.5 Å². The predicted molar refractivity (Wildman–Crippen MR) is 321 cm³/mol. The third-order valence-corrected chi connectivity index (χ3v) is 17.0. The second kappa shape index (κ2) is 53.0. The van der Waals surface area contributed by atoms with E-state index in [0.717, 1.165) is 122 Å². The molecule has 0 aromatic carbocycles. The molecule has 1 saturated carbocycles. The van der Waals surface area contributed by atoms with Crippen LogP contribution in [0.5, 0.6) is 0 Å². The van der Waals surface area contributed by atoms with Crippen molar-refractivity contribution in [2.75, 3.05) is 32.8 Å². The molecule has 1 rings (SSSR count). The van der Waals surface area contributed by atoms with Gasteiger partial charge in [0, 0.05) is 37.9 Å². The van der Waals surface area contributed by atoms with Gasteiger partial charge in [0.2, 0.25) is 5.91 Å². The predicted octanol–water partition coefficient (Wildman–Crippen LogP) is 19.4. The summed E-state index contributed by atoms with van der Waals surface area (Å²) in [6, 6.07) is 0.832. The molecule has 0 heterocycles. The van der Waals surface area contributed by atoms with Crippen molar-refractivity contribution in [3.05, 3.63) is 0 Å². The Balaban J connectivity index is 2.86. The van der Waals surface area contributed by atoms with Crippen LogP contribution in [0.4, 0.5) is 0 Å². The Morgan fingerprint density at radius 3 is 1.20 bits per heavy atom. The molecule has 0 radical (unpaired) electrons. The van der Waals surface area contributed by atoms with E-state index >= 15 is 0 Å². The number of hydrogen-bond acceptors (Lipinski definition) is 7. The van der Waals surface area contributed by atoms with Crippen molar-refractivity contribution in [3.63, 3.8) is 0 Å². The summed E-state index contributed by atoms with van der Waals surface area (Å²) in [7, 11) is 0. The van der Waals surface area contributed by atoms with Crippen LogP contribution in [0.3, 0.4) is 0 Å². The molecule has 75 heavy (non-hydrogen) atoms. The standard InChI is InChI=1S/C67H130N2O6/c1-7-13-19-22-23-28-33-40-57-69(65(71)48-41-56-68(55-18-12-6)62-51-53-64(70)54-52-62)63(46-36-29-24-26-31-38-49-66(72)74-58-60(42-16-10-4)44-34-20-14-8-2)47-37-30-25-27-32-39-50-67(73)75-59-61(43-17-11-5)45-35-21-15-9-3/h60-64,70H,7-59H2,1-6H3. The van der Waals surface area contributed by atoms with Crippen LogP contribution in [0.25, 0.3) is 0 Å². The van der Waals surface area contributed by atoms with E-state index in [-0.39, 0.29) is 18.0 Å². The Morgan fingerprint density at radius 1 is 0.387 bits per heavy atom. The fourth-order valence-corrected chi connectivity index (χ4v) is 11.8. The third kappa shape index (κ3) is 42.0. The molecular weight excluding hydrogens is 929 g/mol. The molecule has 2 unspecified atom stereocenters. The number of unbranched alkanes of at least 4 members (excludes halogenated alkanes) is 26. The van der Waals surface area contributed by atoms with Gasteiger partial charge in [0.25, 0.3) is 0 Å². The molecular formula is C67H130N2O6. The molecule has 8 heteroatoms. The first-order valence-electron chi connectivity index (χ1n) is 33.7. The van der Waals surface area contributed by atoms with Crippen LogP contribution in [0.1, 0.15) is 350 Å². The van der Waals surface area contributed by atoms with E-state index in [1.165, 1.54) is 186 Å². The Bertz CT molecular complexity index is 1200. The molecule has 1 fully saturated rings. The van der Waals surface area contributed by atoms with Gasteiger partial charge in [-0.1, -0.05) is 234 Å². The first-order valence-corrected chi connectivity index (χ1v) is 33.7. The number of aliphatic hydroxyl groups excluding tert-OH is 1. The number of carbonyl (C=O) groups excluding carboxylic acids is 3. The summed E-state index contributed by atoms with van der Waals surface area (Å²) >= 11 is 0. The smallest absolute Gasteiger partial charge is 0.305 e. The zero-order chi connectivity index (χ0) is 54.7. The summed E-state index contributed by atoms with van der Waals surface area (Å²) in [6.07, 6.45) is 54.2. The van der Waals surface area contributed by atoms with Gasteiger partial charge in [0.15, 0.2) is 0 Å². The monoisotopic (exact) mass is 1060 g/mol. The second-order valence-corrected chi connectivity index (χ2v) is 24.1. The van der Waals surface area contributed by atoms with Gasteiger partial charge < -0.3 is 24.4 Å². The lowest BCUT2D eigenvalue weighted by Crippen LogP contribution is -2.42. The molecule has 1 amide bonds. The van der Waals surface area contributed by atoms with Crippen molar-refractivity contribution < 1.29 is 29.0 Å². The minimum atomic E-state index is -0.144. The van der Waals surface area contributed by atoms with Crippen LogP contribution in [-0.4, -0.2) is 83.8 Å². The fourth-order valence-electron chi connectivity index (χ4n) is 11.8. The van der Waals surface area contributed by atoms with Crippen molar-refractivity contribution in [3.8, 4) is 0 Å². The zero-order valence-corrected chi connectivity index (χ0v) is 51.2. The van der Waals surface area contributed by atoms with Gasteiger partial charge in [0.1, 0.15) is 0 Å². The minimum Gasteiger partial charge on any atom is -0.465 e. The van der Waals surface area contributed by atoms with Crippen molar-refractivity contribution in [2.24, 2.45) is 11.8 Å². The molecule has 0 spiro atoms. The maximum Gasteiger partial charge on any atom is 0.305 e. The highest BCUT2D eigenvalue weighted by molar-refractivity contribution is 5.76. The van der Waals surface area contributed by atoms with Crippen molar-refractivity contribution >= 4 is 17.8 Å². The normalized spacial score (nSPS) is 16.1. The minimum absolute atomic E-state index is 0.00814. The fraction of sp³-hybridized carbons (Fsp3) is 0.955. The molecule has 1 aliphatic carbocycles. The number of amides is 1. The van der Waals surface area contributed by atoms with Crippen molar-refractivity contribution in [2.45, 2.75) is 368 Å². The second-order valence-electron chi connectivity index (χ2n) is 24.1. The number of nitrogens with zero attached hydrogens (tertiary/aromatic N) is 2. The van der Waals surface area contributed by atoms with Gasteiger partial charge in [-0.05, 0) is 121 Å². The van der Waals surface area contributed by atoms with Gasteiger partial charge in [0.05, 0.1) is 19.3 Å². The number of rotatable bonds is 56. The van der Waals surface area contributed by atoms with Crippen molar-refractivity contribution in [1.29, 1.82) is 0 Å². The SMILES string of the molecule is CCCCCCCCCCN(C(=O)CCCN(CCCC)C1CCC(O)CC1)C(CCCCCCCCC(=O)OCC(CCCC)CCCCCC)CCCCCCCCC(=O)OCC(CCCC)CCCCCC. The largest absolute Gasteiger partial charge is 0.465 e. The van der Waals surface area contributed by atoms with Gasteiger partial charge in [-0.2, -0.15) is 0 Å². The molecule has 0 aliphatic heterocycles. The first-order chi connectivity index (χ1) is 36.7. The Labute approximate surface area is 467 Å². The van der Waals surface area contributed by atoms with E-state index in [2.05, 4.69) is 51.3 Å². The lowest BCUT2D eigenvalue weighted by atomic mass is 9.91. The summed E-state index contributed by atoms with van der Waals surface area (Å²) in [6.45, 7) is 17.8. The van der Waals surface area contributed by atoms with Crippen LogP contribution < -0.4 is 0 Å². The van der Waals surface area contributed by atoms with Gasteiger partial charge in [-0.15, -0.1) is 0 Å². The Morgan fingerprint density at radius 2 is 0.747 bits per heavy atom. The van der Waals surface area contributed by atoms with Gasteiger partial charge in [-0.25, -0.2) is 0 Å². The lowest BCUT2D eigenvalue weighted by Gasteiger charge is -2.36. The molecule has 8 nitrogen and oxygen atoms in total. The highest BCUT2D eigenvalue weighted by Crippen LogP contribution is 2.26. The number of aliphatic hydroxyl groups is 1. The van der Waals surface area contributed by atoms with Crippen LogP contribution in [0, 0.1) is 11.8 Å². The highest BCUT2D eigenvalue weighted by Gasteiger charge is 2.27. The molecule has 1 aliphatic rings. The van der Waals surface area contributed by atoms with E-state index in [4.69, 9.17) is 9.47 Å². The van der Waals surface area contributed by atoms with E-state index < -0.39 is 0 Å². The summed E-state index contributed by atoms with van der Waals surface area (Å²) < 4.78 is 11.7. The maximum absolute atomic E-state index is 14.6.